The number of nitrogens with zero attached hydrogens (tertiary/aromatic N) is 2. The maximum atomic E-state index is 13.8. The highest BCUT2D eigenvalue weighted by Crippen LogP contribution is 2.46. The van der Waals surface area contributed by atoms with E-state index in [1.54, 1.807) is 4.90 Å². The topological polar surface area (TPSA) is 72.6 Å². The fourth-order valence-corrected chi connectivity index (χ4v) is 5.10. The minimum Gasteiger partial charge on any atom is -0.469 e. The van der Waals surface area contributed by atoms with Gasteiger partial charge in [-0.3, -0.25) is 9.59 Å². The third kappa shape index (κ3) is 3.77. The first-order chi connectivity index (χ1) is 14.5. The number of methoxy groups -OCH3 is 1. The van der Waals surface area contributed by atoms with Crippen molar-refractivity contribution in [3.63, 3.8) is 0 Å². The fourth-order valence-electron chi connectivity index (χ4n) is 5.10. The summed E-state index contributed by atoms with van der Waals surface area (Å²) in [6, 6.07) is 0. The Labute approximate surface area is 184 Å². The predicted molar refractivity (Wildman–Crippen MR) is 120 cm³/mol. The SMILES string of the molecule is COC(=O)[C@H]1C[C@H](C(=O)N(C)c2c(C)c(C)c(C)c(C)c2C)[C@@H](c2noc(C)c2C)C1. The standard InChI is InChI=1S/C25H34N2O4/c1-12-13(2)15(4)23(16(5)14(12)3)27(8)24(28)21-11-19(25(29)30-9)10-20(21)22-17(6)18(7)31-26-22/h19-21H,10-11H2,1-9H3/t19-,20+,21+/m1/s1. The lowest BCUT2D eigenvalue weighted by Gasteiger charge is -2.29. The number of aromatic nitrogens is 1. The fraction of sp³-hybridized carbons (Fsp3) is 0.560. The monoisotopic (exact) mass is 426 g/mol. The summed E-state index contributed by atoms with van der Waals surface area (Å²) < 4.78 is 10.4. The molecule has 0 spiro atoms. The van der Waals surface area contributed by atoms with E-state index in [0.717, 1.165) is 33.8 Å². The van der Waals surface area contributed by atoms with Crippen LogP contribution >= 0.6 is 0 Å². The molecule has 0 bridgehead atoms. The second-order valence-corrected chi connectivity index (χ2v) is 9.02. The van der Waals surface area contributed by atoms with Crippen LogP contribution in [-0.4, -0.2) is 31.2 Å². The molecule has 1 aliphatic rings. The molecule has 168 valence electrons. The van der Waals surface area contributed by atoms with E-state index in [9.17, 15) is 9.59 Å². The van der Waals surface area contributed by atoms with E-state index < -0.39 is 0 Å². The van der Waals surface area contributed by atoms with Crippen molar-refractivity contribution in [3.8, 4) is 0 Å². The Hall–Kier alpha value is -2.63. The van der Waals surface area contributed by atoms with Gasteiger partial charge < -0.3 is 14.2 Å². The Balaban J connectivity index is 2.03. The minimum atomic E-state index is -0.363. The van der Waals surface area contributed by atoms with Crippen molar-refractivity contribution in [1.82, 2.24) is 5.16 Å². The average Bonchev–Trinajstić information content (AvgIpc) is 3.33. The number of hydrogen-bond acceptors (Lipinski definition) is 5. The highest BCUT2D eigenvalue weighted by molar-refractivity contribution is 5.97. The number of amides is 1. The summed E-state index contributed by atoms with van der Waals surface area (Å²) in [5.74, 6) is -0.381. The van der Waals surface area contributed by atoms with Crippen LogP contribution in [0.2, 0.25) is 0 Å². The van der Waals surface area contributed by atoms with Crippen molar-refractivity contribution in [1.29, 1.82) is 0 Å². The van der Waals surface area contributed by atoms with Crippen molar-refractivity contribution in [2.75, 3.05) is 19.1 Å². The summed E-state index contributed by atoms with van der Waals surface area (Å²) in [6.07, 6.45) is 0.988. The van der Waals surface area contributed by atoms with Gasteiger partial charge in [0.15, 0.2) is 0 Å². The zero-order valence-corrected chi connectivity index (χ0v) is 20.2. The molecule has 1 heterocycles. The highest BCUT2D eigenvalue weighted by Gasteiger charge is 2.46. The second kappa shape index (κ2) is 8.48. The summed E-state index contributed by atoms with van der Waals surface area (Å²) >= 11 is 0. The summed E-state index contributed by atoms with van der Waals surface area (Å²) in [5.41, 5.74) is 8.59. The molecule has 0 unspecified atom stereocenters. The number of esters is 1. The molecule has 2 aromatic rings. The van der Waals surface area contributed by atoms with Crippen LogP contribution in [0.5, 0.6) is 0 Å². The first-order valence-corrected chi connectivity index (χ1v) is 10.9. The molecule has 1 fully saturated rings. The predicted octanol–water partition coefficient (Wildman–Crippen LogP) is 4.78. The number of benzene rings is 1. The molecular formula is C25H34N2O4. The van der Waals surface area contributed by atoms with Crippen molar-refractivity contribution >= 4 is 17.6 Å². The molecule has 3 atom stereocenters. The Morgan fingerprint density at radius 2 is 1.45 bits per heavy atom. The van der Waals surface area contributed by atoms with Crippen LogP contribution in [0.15, 0.2) is 4.52 Å². The molecule has 6 nitrogen and oxygen atoms in total. The smallest absolute Gasteiger partial charge is 0.308 e. The number of hydrogen-bond donors (Lipinski definition) is 0. The normalized spacial score (nSPS) is 20.7. The molecule has 31 heavy (non-hydrogen) atoms. The van der Waals surface area contributed by atoms with Crippen LogP contribution in [0.1, 0.15) is 63.6 Å². The molecule has 1 amide bonds. The molecule has 0 radical (unpaired) electrons. The van der Waals surface area contributed by atoms with Crippen LogP contribution < -0.4 is 4.90 Å². The van der Waals surface area contributed by atoms with Crippen molar-refractivity contribution in [2.24, 2.45) is 11.8 Å². The summed E-state index contributed by atoms with van der Waals surface area (Å²) in [6.45, 7) is 14.3. The van der Waals surface area contributed by atoms with Crippen molar-refractivity contribution < 1.29 is 18.8 Å². The number of anilines is 1. The van der Waals surface area contributed by atoms with Gasteiger partial charge in [-0.2, -0.15) is 0 Å². The minimum absolute atomic E-state index is 0.00492. The molecule has 1 saturated carbocycles. The molecule has 6 heteroatoms. The lowest BCUT2D eigenvalue weighted by atomic mass is 9.88. The molecule has 0 aliphatic heterocycles. The Morgan fingerprint density at radius 3 is 1.94 bits per heavy atom. The van der Waals surface area contributed by atoms with Gasteiger partial charge in [0.1, 0.15) is 5.76 Å². The number of ether oxygens (including phenoxy) is 1. The van der Waals surface area contributed by atoms with Gasteiger partial charge in [-0.15, -0.1) is 0 Å². The average molecular weight is 427 g/mol. The Morgan fingerprint density at radius 1 is 0.903 bits per heavy atom. The first kappa shape index (κ1) is 23.0. The lowest BCUT2D eigenvalue weighted by Crippen LogP contribution is -2.35. The Bertz CT molecular complexity index is 1010. The van der Waals surface area contributed by atoms with E-state index >= 15 is 0 Å². The number of aryl methyl sites for hydroxylation is 1. The van der Waals surface area contributed by atoms with E-state index in [4.69, 9.17) is 9.26 Å². The second-order valence-electron chi connectivity index (χ2n) is 9.02. The summed E-state index contributed by atoms with van der Waals surface area (Å²) in [4.78, 5) is 27.9. The van der Waals surface area contributed by atoms with E-state index in [1.165, 1.54) is 23.8 Å². The van der Waals surface area contributed by atoms with Gasteiger partial charge in [0, 0.05) is 30.1 Å². The van der Waals surface area contributed by atoms with Gasteiger partial charge in [0.2, 0.25) is 5.91 Å². The van der Waals surface area contributed by atoms with Crippen LogP contribution in [0.3, 0.4) is 0 Å². The van der Waals surface area contributed by atoms with E-state index in [-0.39, 0.29) is 29.6 Å². The third-order valence-corrected chi connectivity index (χ3v) is 7.59. The summed E-state index contributed by atoms with van der Waals surface area (Å²) in [5, 5.41) is 4.26. The lowest BCUT2D eigenvalue weighted by molar-refractivity contribution is -0.145. The van der Waals surface area contributed by atoms with Gasteiger partial charge >= 0.3 is 5.97 Å². The molecular weight excluding hydrogens is 392 g/mol. The van der Waals surface area contributed by atoms with E-state index in [1.807, 2.05) is 20.9 Å². The third-order valence-electron chi connectivity index (χ3n) is 7.59. The van der Waals surface area contributed by atoms with Gasteiger partial charge in [0.05, 0.1) is 18.7 Å². The van der Waals surface area contributed by atoms with Crippen LogP contribution in [0.25, 0.3) is 0 Å². The largest absolute Gasteiger partial charge is 0.469 e. The number of carbonyl (C=O) groups excluding carboxylic acids is 2. The zero-order chi connectivity index (χ0) is 23.2. The molecule has 3 rings (SSSR count). The number of carbonyl (C=O) groups is 2. The van der Waals surface area contributed by atoms with E-state index in [2.05, 4.69) is 39.8 Å². The van der Waals surface area contributed by atoms with Gasteiger partial charge in [-0.05, 0) is 89.1 Å². The van der Waals surface area contributed by atoms with E-state index in [0.29, 0.717) is 12.8 Å². The molecule has 1 aromatic heterocycles. The molecule has 1 aromatic carbocycles. The summed E-state index contributed by atoms with van der Waals surface area (Å²) in [7, 11) is 3.24. The van der Waals surface area contributed by atoms with Crippen molar-refractivity contribution in [3.05, 3.63) is 44.8 Å². The molecule has 0 N–H and O–H groups in total. The molecule has 1 aliphatic carbocycles. The maximum absolute atomic E-state index is 13.8. The van der Waals surface area contributed by atoms with Gasteiger partial charge in [-0.25, -0.2) is 0 Å². The number of rotatable bonds is 4. The van der Waals surface area contributed by atoms with Crippen molar-refractivity contribution in [2.45, 2.75) is 67.2 Å². The maximum Gasteiger partial charge on any atom is 0.308 e. The Kier molecular flexibility index (Phi) is 6.30. The van der Waals surface area contributed by atoms with Crippen LogP contribution in [-0.2, 0) is 14.3 Å². The zero-order valence-electron chi connectivity index (χ0n) is 20.2. The van der Waals surface area contributed by atoms with Gasteiger partial charge in [-0.1, -0.05) is 5.16 Å². The first-order valence-electron chi connectivity index (χ1n) is 10.9. The van der Waals surface area contributed by atoms with Crippen LogP contribution in [0, 0.1) is 60.3 Å². The van der Waals surface area contributed by atoms with Crippen LogP contribution in [0.4, 0.5) is 5.69 Å². The van der Waals surface area contributed by atoms with Gasteiger partial charge in [0.25, 0.3) is 0 Å². The quantitative estimate of drug-likeness (QED) is 0.658. The highest BCUT2D eigenvalue weighted by atomic mass is 16.5. The molecule has 0 saturated heterocycles.